The SMILES string of the molecule is CCOC(=O)[C@H]1CN(C(=O)OCc2ccccc2)CC12CCN(C(=O)OC(C)(C)C)CC2. The van der Waals surface area contributed by atoms with E-state index < -0.39 is 23.0 Å². The summed E-state index contributed by atoms with van der Waals surface area (Å²) in [5, 5.41) is 0. The number of ether oxygens (including phenoxy) is 3. The molecule has 2 saturated heterocycles. The molecule has 0 aromatic heterocycles. The maximum absolute atomic E-state index is 12.8. The Morgan fingerprint density at radius 2 is 1.66 bits per heavy atom. The molecule has 176 valence electrons. The summed E-state index contributed by atoms with van der Waals surface area (Å²) in [6.45, 7) is 9.36. The summed E-state index contributed by atoms with van der Waals surface area (Å²) in [5.41, 5.74) is -0.0922. The first-order chi connectivity index (χ1) is 15.1. The second-order valence-electron chi connectivity index (χ2n) is 9.56. The molecule has 8 nitrogen and oxygen atoms in total. The van der Waals surface area contributed by atoms with Crippen LogP contribution in [0.2, 0.25) is 0 Å². The van der Waals surface area contributed by atoms with Gasteiger partial charge in [-0.3, -0.25) is 4.79 Å². The molecular weight excluding hydrogens is 412 g/mol. The van der Waals surface area contributed by atoms with Gasteiger partial charge in [0.25, 0.3) is 0 Å². The molecule has 2 aliphatic rings. The molecule has 1 atom stereocenters. The van der Waals surface area contributed by atoms with Crippen molar-refractivity contribution in [3.05, 3.63) is 35.9 Å². The van der Waals surface area contributed by atoms with Crippen molar-refractivity contribution in [1.29, 1.82) is 0 Å². The maximum Gasteiger partial charge on any atom is 0.410 e. The van der Waals surface area contributed by atoms with Crippen LogP contribution >= 0.6 is 0 Å². The van der Waals surface area contributed by atoms with Gasteiger partial charge < -0.3 is 24.0 Å². The monoisotopic (exact) mass is 446 g/mol. The Hall–Kier alpha value is -2.77. The molecule has 0 bridgehead atoms. The van der Waals surface area contributed by atoms with E-state index in [0.29, 0.717) is 32.5 Å². The zero-order chi connectivity index (χ0) is 23.4. The van der Waals surface area contributed by atoms with E-state index in [9.17, 15) is 14.4 Å². The summed E-state index contributed by atoms with van der Waals surface area (Å²) >= 11 is 0. The van der Waals surface area contributed by atoms with Crippen molar-refractivity contribution in [2.45, 2.75) is 52.7 Å². The average Bonchev–Trinajstić information content (AvgIpc) is 3.11. The molecule has 1 aromatic carbocycles. The molecule has 2 aliphatic heterocycles. The van der Waals surface area contributed by atoms with Crippen LogP contribution in [0.4, 0.5) is 9.59 Å². The topological polar surface area (TPSA) is 85.4 Å². The molecule has 0 unspecified atom stereocenters. The molecule has 3 rings (SSSR count). The first-order valence-electron chi connectivity index (χ1n) is 11.2. The van der Waals surface area contributed by atoms with E-state index in [1.807, 2.05) is 51.1 Å². The van der Waals surface area contributed by atoms with Crippen LogP contribution in [-0.2, 0) is 25.6 Å². The Labute approximate surface area is 189 Å². The number of piperidine rings is 1. The second-order valence-corrected chi connectivity index (χ2v) is 9.56. The summed E-state index contributed by atoms with van der Waals surface area (Å²) in [6.07, 6.45) is 0.405. The van der Waals surface area contributed by atoms with Gasteiger partial charge in [-0.2, -0.15) is 0 Å². The number of likely N-dealkylation sites (tertiary alicyclic amines) is 2. The Kier molecular flexibility index (Phi) is 7.31. The third kappa shape index (κ3) is 5.72. The minimum absolute atomic E-state index is 0.180. The zero-order valence-electron chi connectivity index (χ0n) is 19.5. The fourth-order valence-corrected chi connectivity index (χ4v) is 4.45. The molecule has 2 heterocycles. The van der Waals surface area contributed by atoms with Crippen LogP contribution in [-0.4, -0.2) is 66.3 Å². The van der Waals surface area contributed by atoms with Crippen molar-refractivity contribution in [1.82, 2.24) is 9.80 Å². The minimum Gasteiger partial charge on any atom is -0.466 e. The first kappa shape index (κ1) is 23.9. The second kappa shape index (κ2) is 9.79. The Balaban J connectivity index is 1.66. The number of hydrogen-bond donors (Lipinski definition) is 0. The highest BCUT2D eigenvalue weighted by Crippen LogP contribution is 2.45. The molecule has 1 aromatic rings. The zero-order valence-corrected chi connectivity index (χ0v) is 19.5. The van der Waals surface area contributed by atoms with E-state index in [-0.39, 0.29) is 31.8 Å². The minimum atomic E-state index is -0.563. The number of carbonyl (C=O) groups is 3. The third-order valence-corrected chi connectivity index (χ3v) is 6.09. The smallest absolute Gasteiger partial charge is 0.410 e. The van der Waals surface area contributed by atoms with Crippen LogP contribution in [0.15, 0.2) is 30.3 Å². The van der Waals surface area contributed by atoms with Crippen molar-refractivity contribution in [2.75, 3.05) is 32.8 Å². The van der Waals surface area contributed by atoms with Crippen molar-refractivity contribution < 1.29 is 28.6 Å². The van der Waals surface area contributed by atoms with Crippen molar-refractivity contribution >= 4 is 18.2 Å². The van der Waals surface area contributed by atoms with Crippen LogP contribution in [0.1, 0.15) is 46.1 Å². The quantitative estimate of drug-likeness (QED) is 0.516. The van der Waals surface area contributed by atoms with Crippen molar-refractivity contribution in [3.8, 4) is 0 Å². The lowest BCUT2D eigenvalue weighted by Gasteiger charge is -2.41. The van der Waals surface area contributed by atoms with Crippen LogP contribution < -0.4 is 0 Å². The largest absolute Gasteiger partial charge is 0.466 e. The van der Waals surface area contributed by atoms with E-state index in [1.165, 1.54) is 0 Å². The normalized spacial score (nSPS) is 20.2. The predicted molar refractivity (Wildman–Crippen MR) is 118 cm³/mol. The van der Waals surface area contributed by atoms with Gasteiger partial charge in [0.05, 0.1) is 12.5 Å². The van der Waals surface area contributed by atoms with Gasteiger partial charge in [0.2, 0.25) is 0 Å². The van der Waals surface area contributed by atoms with Crippen molar-refractivity contribution in [3.63, 3.8) is 0 Å². The van der Waals surface area contributed by atoms with E-state index in [4.69, 9.17) is 14.2 Å². The van der Waals surface area contributed by atoms with Gasteiger partial charge in [0.15, 0.2) is 0 Å². The van der Waals surface area contributed by atoms with Gasteiger partial charge in [-0.1, -0.05) is 30.3 Å². The number of rotatable bonds is 4. The molecule has 8 heteroatoms. The molecule has 0 saturated carbocycles. The highest BCUT2D eigenvalue weighted by molar-refractivity contribution is 5.77. The molecule has 0 radical (unpaired) electrons. The first-order valence-corrected chi connectivity index (χ1v) is 11.2. The van der Waals surface area contributed by atoms with Crippen LogP contribution in [0.3, 0.4) is 0 Å². The Morgan fingerprint density at radius 1 is 1.00 bits per heavy atom. The van der Waals surface area contributed by atoms with E-state index in [1.54, 1.807) is 16.7 Å². The van der Waals surface area contributed by atoms with Crippen molar-refractivity contribution in [2.24, 2.45) is 11.3 Å². The number of esters is 1. The summed E-state index contributed by atoms with van der Waals surface area (Å²) in [6, 6.07) is 9.48. The number of amides is 2. The Morgan fingerprint density at radius 3 is 2.25 bits per heavy atom. The fourth-order valence-electron chi connectivity index (χ4n) is 4.45. The number of benzene rings is 1. The van der Waals surface area contributed by atoms with Gasteiger partial charge in [-0.15, -0.1) is 0 Å². The highest BCUT2D eigenvalue weighted by Gasteiger charge is 2.54. The summed E-state index contributed by atoms with van der Waals surface area (Å²) in [4.78, 5) is 41.3. The molecule has 1 spiro atoms. The predicted octanol–water partition coefficient (Wildman–Crippen LogP) is 3.84. The molecule has 32 heavy (non-hydrogen) atoms. The van der Waals surface area contributed by atoms with Gasteiger partial charge in [0, 0.05) is 31.6 Å². The number of nitrogens with zero attached hydrogens (tertiary/aromatic N) is 2. The lowest BCUT2D eigenvalue weighted by molar-refractivity contribution is -0.152. The van der Waals surface area contributed by atoms with Gasteiger partial charge >= 0.3 is 18.2 Å². The molecule has 0 N–H and O–H groups in total. The number of carbonyl (C=O) groups excluding carboxylic acids is 3. The Bertz CT molecular complexity index is 812. The van der Waals surface area contributed by atoms with Crippen LogP contribution in [0, 0.1) is 11.3 Å². The van der Waals surface area contributed by atoms with Gasteiger partial charge in [0.1, 0.15) is 12.2 Å². The average molecular weight is 447 g/mol. The van der Waals surface area contributed by atoms with Crippen LogP contribution in [0.5, 0.6) is 0 Å². The molecule has 0 aliphatic carbocycles. The molecular formula is C24H34N2O6. The van der Waals surface area contributed by atoms with Gasteiger partial charge in [-0.25, -0.2) is 9.59 Å². The summed E-state index contributed by atoms with van der Waals surface area (Å²) < 4.78 is 16.3. The lowest BCUT2D eigenvalue weighted by atomic mass is 9.71. The fraction of sp³-hybridized carbons (Fsp3) is 0.625. The highest BCUT2D eigenvalue weighted by atomic mass is 16.6. The van der Waals surface area contributed by atoms with Gasteiger partial charge in [-0.05, 0) is 46.1 Å². The lowest BCUT2D eigenvalue weighted by Crippen LogP contribution is -2.49. The maximum atomic E-state index is 12.8. The summed E-state index contributed by atoms with van der Waals surface area (Å²) in [5.74, 6) is -0.732. The summed E-state index contributed by atoms with van der Waals surface area (Å²) in [7, 11) is 0. The van der Waals surface area contributed by atoms with E-state index in [2.05, 4.69) is 0 Å². The number of hydrogen-bond acceptors (Lipinski definition) is 6. The van der Waals surface area contributed by atoms with E-state index >= 15 is 0 Å². The van der Waals surface area contributed by atoms with E-state index in [0.717, 1.165) is 5.56 Å². The standard InChI is InChI=1S/C24H34N2O6/c1-5-30-20(27)19-15-26(21(28)31-16-18-9-7-6-8-10-18)17-24(19)11-13-25(14-12-24)22(29)32-23(2,3)4/h6-10,19H,5,11-17H2,1-4H3/t19-/m1/s1. The third-order valence-electron chi connectivity index (χ3n) is 6.09. The molecule has 2 amide bonds. The molecule has 2 fully saturated rings. The van der Waals surface area contributed by atoms with Crippen LogP contribution in [0.25, 0.3) is 0 Å².